The van der Waals surface area contributed by atoms with Crippen molar-refractivity contribution >= 4 is 0 Å². The monoisotopic (exact) mass is 226 g/mol. The molecule has 0 spiro atoms. The lowest BCUT2D eigenvalue weighted by atomic mass is 9.85. The molecule has 0 bridgehead atoms. The van der Waals surface area contributed by atoms with E-state index in [1.807, 2.05) is 0 Å². The highest BCUT2D eigenvalue weighted by Crippen LogP contribution is 2.27. The summed E-state index contributed by atoms with van der Waals surface area (Å²) in [5, 5.41) is 0. The first-order chi connectivity index (χ1) is 7.58. The zero-order valence-electron chi connectivity index (χ0n) is 11.6. The fourth-order valence-electron chi connectivity index (χ4n) is 3.10. The molecule has 1 aliphatic rings. The van der Waals surface area contributed by atoms with E-state index in [0.717, 1.165) is 24.4 Å². The highest BCUT2D eigenvalue weighted by molar-refractivity contribution is 4.83. The zero-order chi connectivity index (χ0) is 12.1. The SMILES string of the molecule is CCCC(CN)CN1CC(C)CC(C)C1C. The molecular formula is C14H30N2. The van der Waals surface area contributed by atoms with Gasteiger partial charge in [0, 0.05) is 19.1 Å². The molecule has 96 valence electrons. The van der Waals surface area contributed by atoms with Crippen molar-refractivity contribution in [2.75, 3.05) is 19.6 Å². The van der Waals surface area contributed by atoms with Crippen LogP contribution in [0.1, 0.15) is 47.0 Å². The summed E-state index contributed by atoms with van der Waals surface area (Å²) in [5.41, 5.74) is 5.86. The molecule has 1 aliphatic heterocycles. The predicted molar refractivity (Wildman–Crippen MR) is 71.4 cm³/mol. The number of hydrogen-bond donors (Lipinski definition) is 1. The molecule has 4 atom stereocenters. The van der Waals surface area contributed by atoms with Gasteiger partial charge in [0.15, 0.2) is 0 Å². The van der Waals surface area contributed by atoms with E-state index >= 15 is 0 Å². The van der Waals surface area contributed by atoms with Gasteiger partial charge in [0.05, 0.1) is 0 Å². The molecule has 0 aromatic rings. The molecule has 0 aromatic carbocycles. The molecule has 16 heavy (non-hydrogen) atoms. The number of nitrogens with two attached hydrogens (primary N) is 1. The molecule has 0 aliphatic carbocycles. The van der Waals surface area contributed by atoms with Crippen LogP contribution in [-0.2, 0) is 0 Å². The van der Waals surface area contributed by atoms with Crippen molar-refractivity contribution in [1.29, 1.82) is 0 Å². The molecule has 1 saturated heterocycles. The van der Waals surface area contributed by atoms with E-state index in [4.69, 9.17) is 5.73 Å². The molecule has 2 nitrogen and oxygen atoms in total. The summed E-state index contributed by atoms with van der Waals surface area (Å²) in [6.45, 7) is 12.7. The summed E-state index contributed by atoms with van der Waals surface area (Å²) in [6.07, 6.45) is 3.93. The number of hydrogen-bond acceptors (Lipinski definition) is 2. The second-order valence-corrected chi connectivity index (χ2v) is 5.90. The van der Waals surface area contributed by atoms with Gasteiger partial charge in [-0.15, -0.1) is 0 Å². The normalized spacial score (nSPS) is 33.9. The van der Waals surface area contributed by atoms with Crippen LogP contribution in [0.2, 0.25) is 0 Å². The summed E-state index contributed by atoms with van der Waals surface area (Å²) in [6, 6.07) is 0.738. The highest BCUT2D eigenvalue weighted by Gasteiger charge is 2.29. The first kappa shape index (κ1) is 14.0. The van der Waals surface area contributed by atoms with Gasteiger partial charge < -0.3 is 5.73 Å². The predicted octanol–water partition coefficient (Wildman–Crippen LogP) is 2.73. The second-order valence-electron chi connectivity index (χ2n) is 5.90. The third-order valence-corrected chi connectivity index (χ3v) is 4.24. The van der Waals surface area contributed by atoms with Gasteiger partial charge >= 0.3 is 0 Å². The minimum absolute atomic E-state index is 0.699. The summed E-state index contributed by atoms with van der Waals surface area (Å²) in [7, 11) is 0. The third kappa shape index (κ3) is 3.74. The molecule has 0 saturated carbocycles. The first-order valence-electron chi connectivity index (χ1n) is 7.02. The van der Waals surface area contributed by atoms with Crippen LogP contribution in [0.5, 0.6) is 0 Å². The third-order valence-electron chi connectivity index (χ3n) is 4.24. The van der Waals surface area contributed by atoms with Gasteiger partial charge in [0.1, 0.15) is 0 Å². The van der Waals surface area contributed by atoms with Gasteiger partial charge in [-0.1, -0.05) is 27.2 Å². The largest absolute Gasteiger partial charge is 0.330 e. The van der Waals surface area contributed by atoms with Gasteiger partial charge in [-0.3, -0.25) is 4.90 Å². The lowest BCUT2D eigenvalue weighted by molar-refractivity contribution is 0.0643. The molecule has 0 radical (unpaired) electrons. The molecule has 1 heterocycles. The van der Waals surface area contributed by atoms with Gasteiger partial charge in [0.25, 0.3) is 0 Å². The van der Waals surface area contributed by atoms with Crippen LogP contribution in [0.15, 0.2) is 0 Å². The first-order valence-corrected chi connectivity index (χ1v) is 7.02. The van der Waals surface area contributed by atoms with Crippen LogP contribution in [0.3, 0.4) is 0 Å². The summed E-state index contributed by atoms with van der Waals surface area (Å²) in [4.78, 5) is 2.67. The number of piperidine rings is 1. The highest BCUT2D eigenvalue weighted by atomic mass is 15.2. The van der Waals surface area contributed by atoms with Crippen LogP contribution in [0.4, 0.5) is 0 Å². The molecule has 1 rings (SSSR count). The van der Waals surface area contributed by atoms with Gasteiger partial charge in [-0.25, -0.2) is 0 Å². The Hall–Kier alpha value is -0.0800. The summed E-state index contributed by atoms with van der Waals surface area (Å²) >= 11 is 0. The average molecular weight is 226 g/mol. The van der Waals surface area contributed by atoms with E-state index in [0.29, 0.717) is 5.92 Å². The van der Waals surface area contributed by atoms with E-state index in [9.17, 15) is 0 Å². The molecule has 0 amide bonds. The Kier molecular flexibility index (Phi) is 5.77. The number of rotatable bonds is 5. The van der Waals surface area contributed by atoms with Crippen molar-refractivity contribution in [3.63, 3.8) is 0 Å². The van der Waals surface area contributed by atoms with E-state index in [1.54, 1.807) is 0 Å². The van der Waals surface area contributed by atoms with Crippen LogP contribution in [-0.4, -0.2) is 30.6 Å². The Morgan fingerprint density at radius 2 is 2.00 bits per heavy atom. The molecular weight excluding hydrogens is 196 g/mol. The second kappa shape index (κ2) is 6.61. The summed E-state index contributed by atoms with van der Waals surface area (Å²) in [5.74, 6) is 2.39. The Balaban J connectivity index is 2.49. The van der Waals surface area contributed by atoms with Crippen molar-refractivity contribution in [2.24, 2.45) is 23.5 Å². The fraction of sp³-hybridized carbons (Fsp3) is 1.00. The lowest BCUT2D eigenvalue weighted by Crippen LogP contribution is -2.48. The Labute approximate surface area is 102 Å². The fourth-order valence-corrected chi connectivity index (χ4v) is 3.10. The van der Waals surface area contributed by atoms with Crippen LogP contribution in [0.25, 0.3) is 0 Å². The van der Waals surface area contributed by atoms with E-state index in [-0.39, 0.29) is 0 Å². The van der Waals surface area contributed by atoms with Crippen LogP contribution < -0.4 is 5.73 Å². The number of likely N-dealkylation sites (tertiary alicyclic amines) is 1. The minimum Gasteiger partial charge on any atom is -0.330 e. The van der Waals surface area contributed by atoms with Crippen molar-refractivity contribution in [1.82, 2.24) is 4.90 Å². The van der Waals surface area contributed by atoms with Crippen LogP contribution in [0, 0.1) is 17.8 Å². The topological polar surface area (TPSA) is 29.3 Å². The van der Waals surface area contributed by atoms with Crippen molar-refractivity contribution in [2.45, 2.75) is 53.0 Å². The van der Waals surface area contributed by atoms with E-state index in [1.165, 1.54) is 32.4 Å². The zero-order valence-corrected chi connectivity index (χ0v) is 11.6. The molecule has 4 unspecified atom stereocenters. The van der Waals surface area contributed by atoms with Gasteiger partial charge in [-0.05, 0) is 44.1 Å². The quantitative estimate of drug-likeness (QED) is 0.781. The lowest BCUT2D eigenvalue weighted by Gasteiger charge is -2.42. The van der Waals surface area contributed by atoms with Gasteiger partial charge in [-0.2, -0.15) is 0 Å². The van der Waals surface area contributed by atoms with Crippen molar-refractivity contribution in [3.8, 4) is 0 Å². The summed E-state index contributed by atoms with van der Waals surface area (Å²) < 4.78 is 0. The molecule has 1 fully saturated rings. The average Bonchev–Trinajstić information content (AvgIpc) is 2.24. The Morgan fingerprint density at radius 3 is 2.56 bits per heavy atom. The standard InChI is InChI=1S/C14H30N2/c1-5-6-14(8-15)10-16-9-11(2)7-12(3)13(16)4/h11-14H,5-10,15H2,1-4H3. The van der Waals surface area contributed by atoms with Gasteiger partial charge in [0.2, 0.25) is 0 Å². The van der Waals surface area contributed by atoms with E-state index in [2.05, 4.69) is 32.6 Å². The molecule has 2 heteroatoms. The number of nitrogens with zero attached hydrogens (tertiary/aromatic N) is 1. The minimum atomic E-state index is 0.699. The molecule has 0 aromatic heterocycles. The Bertz CT molecular complexity index is 193. The molecule has 2 N–H and O–H groups in total. The van der Waals surface area contributed by atoms with Crippen molar-refractivity contribution < 1.29 is 0 Å². The van der Waals surface area contributed by atoms with Crippen LogP contribution >= 0.6 is 0 Å². The maximum absolute atomic E-state index is 5.86. The van der Waals surface area contributed by atoms with Crippen molar-refractivity contribution in [3.05, 3.63) is 0 Å². The maximum Gasteiger partial charge on any atom is 0.00929 e. The van der Waals surface area contributed by atoms with E-state index < -0.39 is 0 Å². The maximum atomic E-state index is 5.86. The Morgan fingerprint density at radius 1 is 1.31 bits per heavy atom. The smallest absolute Gasteiger partial charge is 0.00929 e.